The fraction of sp³-hybridized carbons (Fsp3) is 0.519. The maximum Gasteiger partial charge on any atom is 0.246 e. The minimum absolute atomic E-state index is 0.0328. The van der Waals surface area contributed by atoms with Crippen LogP contribution in [0.25, 0.3) is 21.7 Å². The SMILES string of the molecule is Cc1ncsc1-c1ccc(CNC(=O)[C@@H]2C[C@@H](O)CN2C(=O)[C@@H](NC(=O)C23CCC(CN(C)Cc4cnc(N5C6CCC5CN(c5cc(-c7ccccc7O)nnc5N)C6)nc4)(CC2)CC3)C(C)(C)C)cc1. The van der Waals surface area contributed by atoms with Crippen molar-refractivity contribution in [2.24, 2.45) is 16.2 Å². The second-order valence-electron chi connectivity index (χ2n) is 22.4. The van der Waals surface area contributed by atoms with E-state index in [1.54, 1.807) is 23.5 Å². The highest BCUT2D eigenvalue weighted by Gasteiger charge is 2.54. The minimum atomic E-state index is -0.870. The number of rotatable bonds is 14. The molecule has 6 fully saturated rings. The fourth-order valence-electron chi connectivity index (χ4n) is 12.3. The number of aryl methyl sites for hydroxylation is 1. The lowest BCUT2D eigenvalue weighted by molar-refractivity contribution is -0.149. The molecule has 5 atom stereocenters. The molecule has 3 aromatic heterocycles. The van der Waals surface area contributed by atoms with E-state index in [0.29, 0.717) is 23.6 Å². The number of aromatic hydroxyl groups is 1. The molecule has 2 unspecified atom stereocenters. The van der Waals surface area contributed by atoms with Crippen molar-refractivity contribution in [3.05, 3.63) is 89.3 Å². The number of hydrogen-bond acceptors (Lipinski definition) is 15. The third kappa shape index (κ3) is 9.84. The molecule has 18 heteroatoms. The Morgan fingerprint density at radius 3 is 2.24 bits per heavy atom. The van der Waals surface area contributed by atoms with Crippen LogP contribution in [-0.4, -0.2) is 126 Å². The zero-order valence-electron chi connectivity index (χ0n) is 42.1. The molecule has 17 nitrogen and oxygen atoms in total. The van der Waals surface area contributed by atoms with E-state index in [4.69, 9.17) is 15.7 Å². The molecular weight excluding hydrogens is 929 g/mol. The van der Waals surface area contributed by atoms with Gasteiger partial charge in [-0.25, -0.2) is 15.0 Å². The molecule has 6 N–H and O–H groups in total. The van der Waals surface area contributed by atoms with Crippen LogP contribution in [0.5, 0.6) is 5.75 Å². The number of para-hydroxylation sites is 1. The first kappa shape index (κ1) is 49.3. The second kappa shape index (κ2) is 19.6. The monoisotopic (exact) mass is 997 g/mol. The van der Waals surface area contributed by atoms with Crippen molar-refractivity contribution in [3.8, 4) is 27.4 Å². The average Bonchev–Trinajstić information content (AvgIpc) is 4.06. The van der Waals surface area contributed by atoms with Crippen molar-refractivity contribution in [1.82, 2.24) is 45.6 Å². The number of amides is 3. The van der Waals surface area contributed by atoms with Crippen LogP contribution in [0.15, 0.2) is 72.5 Å². The van der Waals surface area contributed by atoms with E-state index in [-0.39, 0.29) is 60.5 Å². The zero-order valence-corrected chi connectivity index (χ0v) is 42.9. The lowest BCUT2D eigenvalue weighted by Gasteiger charge is -2.54. The Kier molecular flexibility index (Phi) is 13.5. The zero-order chi connectivity index (χ0) is 50.5. The predicted molar refractivity (Wildman–Crippen MR) is 278 cm³/mol. The molecule has 3 saturated carbocycles. The molecule has 3 aliphatic heterocycles. The quantitative estimate of drug-likeness (QED) is 0.0851. The molecular formula is C54H68N12O5S. The normalized spacial score (nSPS) is 25.2. The lowest BCUT2D eigenvalue weighted by atomic mass is 9.53. The number of aromatic nitrogens is 5. The first-order chi connectivity index (χ1) is 34.5. The van der Waals surface area contributed by atoms with Crippen LogP contribution in [0.4, 0.5) is 17.5 Å². The standard InChI is InChI=1S/C54H68N12O5S/c1-33-45(72-32-59-33)36-12-10-34(11-13-36)24-56-48(69)43-22-39(67)30-65(43)49(70)46(52(2,3)4)60-50(71)54-19-16-53(17-20-54,18-21-54)31-63(5)27-35-25-57-51(58-26-35)66-37-14-15-38(66)29-64(28-37)42-23-41(61-62-47(42)55)40-8-6-7-9-44(40)68/h6-13,23,25-26,32,37-39,43,46,67-68H,14-22,24,27-31H2,1-5H3,(H2,55,62)(H,56,69)(H,60,71)/t37?,38?,39-,43+,46-,53?,54?/m1/s1. The Morgan fingerprint density at radius 1 is 0.917 bits per heavy atom. The Morgan fingerprint density at radius 2 is 1.60 bits per heavy atom. The first-order valence-corrected chi connectivity index (χ1v) is 26.4. The summed E-state index contributed by atoms with van der Waals surface area (Å²) in [6.07, 6.45) is 10.3. The van der Waals surface area contributed by atoms with Gasteiger partial charge in [-0.05, 0) is 105 Å². The van der Waals surface area contributed by atoms with Gasteiger partial charge in [0.05, 0.1) is 33.6 Å². The number of likely N-dealkylation sites (tertiary alicyclic amines) is 1. The smallest absolute Gasteiger partial charge is 0.246 e. The van der Waals surface area contributed by atoms with Crippen molar-refractivity contribution in [3.63, 3.8) is 0 Å². The second-order valence-corrected chi connectivity index (χ2v) is 23.3. The number of aliphatic hydroxyl groups is 1. The highest BCUT2D eigenvalue weighted by Crippen LogP contribution is 2.57. The van der Waals surface area contributed by atoms with Gasteiger partial charge in [-0.1, -0.05) is 57.2 Å². The largest absolute Gasteiger partial charge is 0.507 e. The first-order valence-electron chi connectivity index (χ1n) is 25.5. The third-order valence-electron chi connectivity index (χ3n) is 16.3. The van der Waals surface area contributed by atoms with E-state index in [0.717, 1.165) is 110 Å². The summed E-state index contributed by atoms with van der Waals surface area (Å²) in [5.41, 5.74) is 13.1. The maximum atomic E-state index is 14.5. The summed E-state index contributed by atoms with van der Waals surface area (Å²) < 4.78 is 0. The van der Waals surface area contributed by atoms with Gasteiger partial charge in [0, 0.05) is 86.7 Å². The number of nitrogens with two attached hydrogens (primary N) is 1. The van der Waals surface area contributed by atoms with Gasteiger partial charge < -0.3 is 46.2 Å². The van der Waals surface area contributed by atoms with E-state index >= 15 is 0 Å². The average molecular weight is 997 g/mol. The molecule has 11 rings (SSSR count). The number of nitrogens with one attached hydrogen (secondary N) is 2. The van der Waals surface area contributed by atoms with E-state index in [1.165, 1.54) is 4.90 Å². The van der Waals surface area contributed by atoms with Crippen molar-refractivity contribution in [1.29, 1.82) is 0 Å². The van der Waals surface area contributed by atoms with Crippen molar-refractivity contribution >= 4 is 46.5 Å². The molecule has 3 saturated heterocycles. The Labute approximate surface area is 425 Å². The number of β-amino-alcohol motifs (C(OH)–C–C–N with tert-alkyl or cyclic N) is 1. The molecule has 2 aromatic carbocycles. The van der Waals surface area contributed by atoms with Crippen LogP contribution in [0, 0.1) is 23.2 Å². The number of benzene rings is 2. The molecule has 6 heterocycles. The van der Waals surface area contributed by atoms with Crippen molar-refractivity contribution in [2.45, 2.75) is 129 Å². The summed E-state index contributed by atoms with van der Waals surface area (Å²) in [4.78, 5) is 66.4. The predicted octanol–water partition coefficient (Wildman–Crippen LogP) is 6.09. The Bertz CT molecular complexity index is 2760. The van der Waals surface area contributed by atoms with Crippen LogP contribution < -0.4 is 26.2 Å². The number of aliphatic hydroxyl groups excluding tert-OH is 1. The number of anilines is 3. The number of nitrogen functional groups attached to an aromatic ring is 1. The van der Waals surface area contributed by atoms with E-state index < -0.39 is 29.0 Å². The molecule has 5 aromatic rings. The number of hydrogen-bond donors (Lipinski definition) is 5. The molecule has 0 radical (unpaired) electrons. The van der Waals surface area contributed by atoms with Crippen LogP contribution in [-0.2, 0) is 27.5 Å². The van der Waals surface area contributed by atoms with Gasteiger partial charge in [-0.2, -0.15) is 0 Å². The summed E-state index contributed by atoms with van der Waals surface area (Å²) in [6, 6.07) is 15.7. The maximum absolute atomic E-state index is 14.5. The molecule has 3 amide bonds. The molecule has 6 aliphatic rings. The number of phenolic OH excluding ortho intramolecular Hbond substituents is 1. The van der Waals surface area contributed by atoms with E-state index in [1.807, 2.05) is 88.1 Å². The Hall–Kier alpha value is -6.24. The highest BCUT2D eigenvalue weighted by molar-refractivity contribution is 7.13. The van der Waals surface area contributed by atoms with Crippen LogP contribution in [0.1, 0.15) is 95.4 Å². The third-order valence-corrected chi connectivity index (χ3v) is 17.3. The number of carbonyl (C=O) groups excluding carboxylic acids is 3. The van der Waals surface area contributed by atoms with Gasteiger partial charge in [-0.3, -0.25) is 14.4 Å². The Balaban J connectivity index is 0.715. The van der Waals surface area contributed by atoms with Gasteiger partial charge >= 0.3 is 0 Å². The number of fused-ring (bicyclic) bond motifs is 5. The van der Waals surface area contributed by atoms with Gasteiger partial charge in [0.2, 0.25) is 23.7 Å². The summed E-state index contributed by atoms with van der Waals surface area (Å²) in [5.74, 6) is 0.512. The van der Waals surface area contributed by atoms with E-state index in [9.17, 15) is 24.6 Å². The van der Waals surface area contributed by atoms with Crippen LogP contribution >= 0.6 is 11.3 Å². The molecule has 72 heavy (non-hydrogen) atoms. The van der Waals surface area contributed by atoms with Gasteiger partial charge in [-0.15, -0.1) is 21.5 Å². The summed E-state index contributed by atoms with van der Waals surface area (Å²) in [6.45, 7) is 11.2. The minimum Gasteiger partial charge on any atom is -0.507 e. The van der Waals surface area contributed by atoms with Crippen LogP contribution in [0.3, 0.4) is 0 Å². The van der Waals surface area contributed by atoms with Crippen molar-refractivity contribution in [2.75, 3.05) is 48.8 Å². The highest BCUT2D eigenvalue weighted by atomic mass is 32.1. The lowest BCUT2D eigenvalue weighted by Crippen LogP contribution is -2.61. The fourth-order valence-corrected chi connectivity index (χ4v) is 13.1. The summed E-state index contributed by atoms with van der Waals surface area (Å²) in [7, 11) is 2.15. The number of thiazole rings is 1. The summed E-state index contributed by atoms with van der Waals surface area (Å²) >= 11 is 1.59. The number of piperazine rings is 1. The van der Waals surface area contributed by atoms with E-state index in [2.05, 4.69) is 47.6 Å². The molecule has 380 valence electrons. The molecule has 3 aliphatic carbocycles. The van der Waals surface area contributed by atoms with Gasteiger partial charge in [0.1, 0.15) is 17.8 Å². The van der Waals surface area contributed by atoms with Crippen LogP contribution in [0.2, 0.25) is 0 Å². The molecule has 0 spiro atoms. The topological polar surface area (TPSA) is 219 Å². The number of nitrogens with zero attached hydrogens (tertiary/aromatic N) is 9. The number of phenols is 1. The summed E-state index contributed by atoms with van der Waals surface area (Å²) in [5, 5.41) is 36.0. The molecule has 4 bridgehead atoms. The van der Waals surface area contributed by atoms with Gasteiger partial charge in [0.15, 0.2) is 5.82 Å². The number of carbonyl (C=O) groups is 3. The van der Waals surface area contributed by atoms with Crippen molar-refractivity contribution < 1.29 is 24.6 Å². The van der Waals surface area contributed by atoms with Gasteiger partial charge in [0.25, 0.3) is 0 Å².